The highest BCUT2D eigenvalue weighted by molar-refractivity contribution is 5.97. The van der Waals surface area contributed by atoms with Gasteiger partial charge in [-0.25, -0.2) is 9.59 Å². The Morgan fingerprint density at radius 3 is 2.44 bits per heavy atom. The second-order valence-corrected chi connectivity index (χ2v) is 9.13. The van der Waals surface area contributed by atoms with Crippen LogP contribution < -0.4 is 16.3 Å². The summed E-state index contributed by atoms with van der Waals surface area (Å²) in [6, 6.07) is 2.65. The van der Waals surface area contributed by atoms with Gasteiger partial charge in [0.15, 0.2) is 0 Å². The van der Waals surface area contributed by atoms with Crippen LogP contribution in [0.2, 0.25) is 0 Å². The minimum absolute atomic E-state index is 0.215. The van der Waals surface area contributed by atoms with Crippen LogP contribution >= 0.6 is 0 Å². The summed E-state index contributed by atoms with van der Waals surface area (Å²) in [7, 11) is 0. The van der Waals surface area contributed by atoms with Gasteiger partial charge < -0.3 is 24.6 Å². The number of aliphatic carboxylic acids is 1. The Balaban J connectivity index is 1.53. The van der Waals surface area contributed by atoms with Gasteiger partial charge in [-0.1, -0.05) is 13.8 Å². The first kappa shape index (κ1) is 23.5. The Labute approximate surface area is 195 Å². The number of fused-ring (bicyclic) bond motifs is 4. The number of benzene rings is 1. The second kappa shape index (κ2) is 9.32. The first-order valence-electron chi connectivity index (χ1n) is 11.4. The maximum absolute atomic E-state index is 12.6. The third kappa shape index (κ3) is 4.55. The summed E-state index contributed by atoms with van der Waals surface area (Å²) in [6.45, 7) is 4.72. The SMILES string of the molecule is Cc1c(CC(=O)NCC(=O)NC(C(=O)O)C(C)C)c(=O)oc2cc3oc4c(c3cc12)CCCC4. The van der Waals surface area contributed by atoms with Gasteiger partial charge in [0.05, 0.1) is 18.5 Å². The molecule has 1 unspecified atom stereocenters. The molecule has 2 heterocycles. The van der Waals surface area contributed by atoms with Crippen molar-refractivity contribution in [1.29, 1.82) is 0 Å². The van der Waals surface area contributed by atoms with Crippen molar-refractivity contribution in [2.75, 3.05) is 6.54 Å². The van der Waals surface area contributed by atoms with E-state index in [4.69, 9.17) is 8.83 Å². The third-order valence-corrected chi connectivity index (χ3v) is 6.40. The molecule has 0 bridgehead atoms. The average Bonchev–Trinajstić information content (AvgIpc) is 3.14. The molecule has 0 saturated heterocycles. The number of carboxylic acids is 1. The number of hydrogen-bond acceptors (Lipinski definition) is 6. The van der Waals surface area contributed by atoms with E-state index in [0.29, 0.717) is 16.7 Å². The van der Waals surface area contributed by atoms with E-state index in [1.807, 2.05) is 6.07 Å². The lowest BCUT2D eigenvalue weighted by molar-refractivity contribution is -0.143. The van der Waals surface area contributed by atoms with E-state index in [9.17, 15) is 24.3 Å². The van der Waals surface area contributed by atoms with Gasteiger partial charge in [-0.05, 0) is 43.7 Å². The van der Waals surface area contributed by atoms with Crippen molar-refractivity contribution in [2.45, 2.75) is 58.9 Å². The molecular weight excluding hydrogens is 440 g/mol. The van der Waals surface area contributed by atoms with Crippen LogP contribution in [0.3, 0.4) is 0 Å². The lowest BCUT2D eigenvalue weighted by Crippen LogP contribution is -2.48. The first-order valence-corrected chi connectivity index (χ1v) is 11.4. The molecule has 2 aromatic heterocycles. The molecule has 3 N–H and O–H groups in total. The van der Waals surface area contributed by atoms with Crippen molar-refractivity contribution >= 4 is 39.7 Å². The molecule has 0 fully saturated rings. The first-order chi connectivity index (χ1) is 16.2. The molecule has 2 amide bonds. The average molecular weight is 469 g/mol. The number of carbonyl (C=O) groups excluding carboxylic acids is 2. The Bertz CT molecular complexity index is 1350. The van der Waals surface area contributed by atoms with Crippen molar-refractivity contribution in [3.63, 3.8) is 0 Å². The van der Waals surface area contributed by atoms with Gasteiger partial charge in [0.25, 0.3) is 0 Å². The van der Waals surface area contributed by atoms with E-state index in [0.717, 1.165) is 42.2 Å². The van der Waals surface area contributed by atoms with Gasteiger partial charge in [-0.15, -0.1) is 0 Å². The smallest absolute Gasteiger partial charge is 0.340 e. The van der Waals surface area contributed by atoms with Crippen molar-refractivity contribution < 1.29 is 28.3 Å². The fourth-order valence-corrected chi connectivity index (χ4v) is 4.49. The number of aryl methyl sites for hydroxylation is 3. The largest absolute Gasteiger partial charge is 0.480 e. The summed E-state index contributed by atoms with van der Waals surface area (Å²) in [5.74, 6) is -1.63. The Morgan fingerprint density at radius 1 is 1.03 bits per heavy atom. The van der Waals surface area contributed by atoms with Crippen LogP contribution in [0.15, 0.2) is 25.8 Å². The zero-order valence-electron chi connectivity index (χ0n) is 19.4. The minimum atomic E-state index is -1.15. The van der Waals surface area contributed by atoms with Crippen LogP contribution in [0.1, 0.15) is 49.1 Å². The molecule has 1 aliphatic rings. The highest BCUT2D eigenvalue weighted by Gasteiger charge is 2.24. The molecule has 0 radical (unpaired) electrons. The molecule has 180 valence electrons. The predicted molar refractivity (Wildman–Crippen MR) is 125 cm³/mol. The van der Waals surface area contributed by atoms with Crippen LogP contribution in [-0.2, 0) is 33.6 Å². The van der Waals surface area contributed by atoms with Gasteiger partial charge in [0, 0.05) is 28.8 Å². The van der Waals surface area contributed by atoms with Crippen molar-refractivity contribution in [2.24, 2.45) is 5.92 Å². The van der Waals surface area contributed by atoms with Crippen LogP contribution in [-0.4, -0.2) is 35.5 Å². The van der Waals surface area contributed by atoms with Gasteiger partial charge in [0.1, 0.15) is 23.0 Å². The molecule has 34 heavy (non-hydrogen) atoms. The van der Waals surface area contributed by atoms with E-state index in [1.165, 1.54) is 5.56 Å². The van der Waals surface area contributed by atoms with E-state index in [2.05, 4.69) is 10.6 Å². The molecule has 1 aliphatic carbocycles. The topological polar surface area (TPSA) is 139 Å². The van der Waals surface area contributed by atoms with Crippen molar-refractivity contribution in [3.8, 4) is 0 Å². The fourth-order valence-electron chi connectivity index (χ4n) is 4.49. The van der Waals surface area contributed by atoms with Crippen molar-refractivity contribution in [1.82, 2.24) is 10.6 Å². The molecule has 1 aromatic carbocycles. The van der Waals surface area contributed by atoms with Gasteiger partial charge >= 0.3 is 11.6 Å². The zero-order chi connectivity index (χ0) is 24.6. The molecule has 4 rings (SSSR count). The van der Waals surface area contributed by atoms with Crippen molar-refractivity contribution in [3.05, 3.63) is 45.0 Å². The summed E-state index contributed by atoms with van der Waals surface area (Å²) >= 11 is 0. The van der Waals surface area contributed by atoms with E-state index in [1.54, 1.807) is 26.8 Å². The summed E-state index contributed by atoms with van der Waals surface area (Å²) < 4.78 is 11.5. The van der Waals surface area contributed by atoms with Crippen LogP contribution in [0.25, 0.3) is 21.9 Å². The number of hydrogen-bond donors (Lipinski definition) is 3. The maximum Gasteiger partial charge on any atom is 0.340 e. The fraction of sp³-hybridized carbons (Fsp3) is 0.440. The lowest BCUT2D eigenvalue weighted by Gasteiger charge is -2.18. The lowest BCUT2D eigenvalue weighted by atomic mass is 9.94. The number of rotatable bonds is 7. The second-order valence-electron chi connectivity index (χ2n) is 9.13. The molecule has 9 nitrogen and oxygen atoms in total. The standard InChI is InChI=1S/C25H28N2O7/c1-12(2)23(24(30)31)27-22(29)11-26-21(28)9-16-13(3)15-8-17-14-6-4-5-7-18(14)33-20(17)10-19(15)34-25(16)32/h8,10,12,23H,4-7,9,11H2,1-3H3,(H,26,28)(H,27,29)(H,30,31). The van der Waals surface area contributed by atoms with Crippen LogP contribution in [0, 0.1) is 12.8 Å². The molecule has 1 atom stereocenters. The number of nitrogens with one attached hydrogen (secondary N) is 2. The number of carbonyl (C=O) groups is 3. The van der Waals surface area contributed by atoms with E-state index < -0.39 is 36.0 Å². The summed E-state index contributed by atoms with van der Waals surface area (Å²) in [4.78, 5) is 48.4. The molecule has 0 spiro atoms. The van der Waals surface area contributed by atoms with E-state index >= 15 is 0 Å². The van der Waals surface area contributed by atoms with Gasteiger partial charge in [0.2, 0.25) is 11.8 Å². The quantitative estimate of drug-likeness (QED) is 0.453. The number of carboxylic acid groups (broad SMARTS) is 1. The van der Waals surface area contributed by atoms with Gasteiger partial charge in [-0.2, -0.15) is 0 Å². The highest BCUT2D eigenvalue weighted by Crippen LogP contribution is 2.35. The molecule has 3 aromatic rings. The highest BCUT2D eigenvalue weighted by atomic mass is 16.4. The Morgan fingerprint density at radius 2 is 1.74 bits per heavy atom. The Kier molecular flexibility index (Phi) is 6.45. The summed E-state index contributed by atoms with van der Waals surface area (Å²) in [5.41, 5.74) is 2.53. The summed E-state index contributed by atoms with van der Waals surface area (Å²) in [6.07, 6.45) is 3.77. The maximum atomic E-state index is 12.6. The predicted octanol–water partition coefficient (Wildman–Crippen LogP) is 2.61. The molecular formula is C25H28N2O7. The minimum Gasteiger partial charge on any atom is -0.480 e. The third-order valence-electron chi connectivity index (χ3n) is 6.40. The molecule has 0 aliphatic heterocycles. The van der Waals surface area contributed by atoms with Crippen LogP contribution in [0.5, 0.6) is 0 Å². The molecule has 9 heteroatoms. The van der Waals surface area contributed by atoms with Crippen LogP contribution in [0.4, 0.5) is 0 Å². The normalized spacial score (nSPS) is 14.2. The Hall–Kier alpha value is -3.62. The monoisotopic (exact) mass is 468 g/mol. The number of furan rings is 1. The van der Waals surface area contributed by atoms with Gasteiger partial charge in [-0.3, -0.25) is 9.59 Å². The number of amides is 2. The molecule has 0 saturated carbocycles. The zero-order valence-corrected chi connectivity index (χ0v) is 19.4. The van der Waals surface area contributed by atoms with E-state index in [-0.39, 0.29) is 17.9 Å². The summed E-state index contributed by atoms with van der Waals surface area (Å²) in [5, 5.41) is 15.7.